The molecule has 0 fully saturated rings. The lowest BCUT2D eigenvalue weighted by Gasteiger charge is -2.11. The standard InChI is InChI=1S/C27H20FN5O5S/c1-35-18-10-21(19-12-23(38-22(19)11-18)20-13-33-26(31-20)39-27(32-33)36-2)37-14-15-4-3-5-17(8-15)30-25(34)16-6-7-29-24(28)9-16/h3-13H,14H2,1-2H3,(H,30,34). The second-order valence-electron chi connectivity index (χ2n) is 8.38. The van der Waals surface area contributed by atoms with Gasteiger partial charge < -0.3 is 23.9 Å². The lowest BCUT2D eigenvalue weighted by molar-refractivity contribution is 0.102. The van der Waals surface area contributed by atoms with Crippen molar-refractivity contribution in [3.63, 3.8) is 0 Å². The van der Waals surface area contributed by atoms with Gasteiger partial charge in [-0.15, -0.1) is 5.10 Å². The molecule has 0 spiro atoms. The highest BCUT2D eigenvalue weighted by Gasteiger charge is 2.17. The molecule has 0 bridgehead atoms. The number of methoxy groups -OCH3 is 2. The Morgan fingerprint density at radius 1 is 1.13 bits per heavy atom. The van der Waals surface area contributed by atoms with Gasteiger partial charge in [-0.25, -0.2) is 14.5 Å². The van der Waals surface area contributed by atoms with E-state index >= 15 is 0 Å². The summed E-state index contributed by atoms with van der Waals surface area (Å²) in [6.45, 7) is 0.209. The zero-order chi connectivity index (χ0) is 26.9. The third kappa shape index (κ3) is 4.97. The number of hydrogen-bond donors (Lipinski definition) is 1. The van der Waals surface area contributed by atoms with Crippen LogP contribution in [0.15, 0.2) is 71.4 Å². The number of furan rings is 1. The molecule has 2 aromatic carbocycles. The number of ether oxygens (including phenoxy) is 3. The smallest absolute Gasteiger partial charge is 0.294 e. The van der Waals surface area contributed by atoms with Gasteiger partial charge in [-0.1, -0.05) is 12.1 Å². The molecule has 0 aliphatic rings. The van der Waals surface area contributed by atoms with E-state index in [4.69, 9.17) is 18.6 Å². The van der Waals surface area contributed by atoms with Gasteiger partial charge in [-0.2, -0.15) is 4.39 Å². The van der Waals surface area contributed by atoms with Crippen molar-refractivity contribution in [3.8, 4) is 28.1 Å². The molecule has 12 heteroatoms. The summed E-state index contributed by atoms with van der Waals surface area (Å²) in [6.07, 6.45) is 3.01. The van der Waals surface area contributed by atoms with Crippen LogP contribution in [0, 0.1) is 5.95 Å². The molecule has 6 aromatic rings. The van der Waals surface area contributed by atoms with Crippen molar-refractivity contribution in [2.45, 2.75) is 6.61 Å². The van der Waals surface area contributed by atoms with Crippen LogP contribution in [0.3, 0.4) is 0 Å². The maximum Gasteiger partial charge on any atom is 0.294 e. The molecular formula is C27H20FN5O5S. The predicted octanol–water partition coefficient (Wildman–Crippen LogP) is 5.59. The molecule has 4 heterocycles. The highest BCUT2D eigenvalue weighted by molar-refractivity contribution is 7.18. The zero-order valence-corrected chi connectivity index (χ0v) is 21.5. The molecule has 0 atom stereocenters. The third-order valence-corrected chi connectivity index (χ3v) is 6.71. The summed E-state index contributed by atoms with van der Waals surface area (Å²) >= 11 is 1.33. The lowest BCUT2D eigenvalue weighted by atomic mass is 10.2. The molecule has 0 saturated heterocycles. The number of halogens is 1. The minimum Gasteiger partial charge on any atom is -0.496 e. The van der Waals surface area contributed by atoms with Gasteiger partial charge >= 0.3 is 0 Å². The van der Waals surface area contributed by atoms with Gasteiger partial charge in [0.2, 0.25) is 10.9 Å². The van der Waals surface area contributed by atoms with E-state index in [0.717, 1.165) is 17.0 Å². The molecule has 0 aliphatic carbocycles. The maximum absolute atomic E-state index is 13.4. The van der Waals surface area contributed by atoms with Gasteiger partial charge in [-0.3, -0.25) is 4.79 Å². The topological polar surface area (TPSA) is 113 Å². The van der Waals surface area contributed by atoms with E-state index < -0.39 is 11.9 Å². The Labute approximate surface area is 224 Å². The number of fused-ring (bicyclic) bond motifs is 2. The fourth-order valence-electron chi connectivity index (χ4n) is 3.98. The molecule has 6 rings (SSSR count). The number of rotatable bonds is 8. The van der Waals surface area contributed by atoms with E-state index in [-0.39, 0.29) is 12.2 Å². The van der Waals surface area contributed by atoms with Crippen LogP contribution in [0.1, 0.15) is 15.9 Å². The lowest BCUT2D eigenvalue weighted by Crippen LogP contribution is -2.12. The maximum atomic E-state index is 13.4. The number of pyridine rings is 1. The second-order valence-corrected chi connectivity index (χ2v) is 9.30. The number of imidazole rings is 1. The van der Waals surface area contributed by atoms with Crippen LogP contribution in [-0.4, -0.2) is 39.7 Å². The number of aromatic nitrogens is 4. The Morgan fingerprint density at radius 2 is 2.03 bits per heavy atom. The summed E-state index contributed by atoms with van der Waals surface area (Å²) < 4.78 is 37.9. The van der Waals surface area contributed by atoms with E-state index in [9.17, 15) is 9.18 Å². The molecule has 39 heavy (non-hydrogen) atoms. The van der Waals surface area contributed by atoms with Crippen molar-refractivity contribution in [3.05, 3.63) is 84.1 Å². The number of nitrogens with one attached hydrogen (secondary N) is 1. The van der Waals surface area contributed by atoms with E-state index in [2.05, 4.69) is 20.4 Å². The van der Waals surface area contributed by atoms with Gasteiger partial charge in [0.25, 0.3) is 11.1 Å². The van der Waals surface area contributed by atoms with Gasteiger partial charge in [0.1, 0.15) is 29.4 Å². The van der Waals surface area contributed by atoms with E-state index in [0.29, 0.717) is 44.4 Å². The normalized spacial score (nSPS) is 11.2. The van der Waals surface area contributed by atoms with Gasteiger partial charge in [0.05, 0.1) is 25.8 Å². The van der Waals surface area contributed by atoms with Crippen LogP contribution in [0.4, 0.5) is 10.1 Å². The van der Waals surface area contributed by atoms with Crippen molar-refractivity contribution in [2.75, 3.05) is 19.5 Å². The first-order valence-electron chi connectivity index (χ1n) is 11.7. The van der Waals surface area contributed by atoms with Crippen molar-refractivity contribution >= 4 is 38.9 Å². The van der Waals surface area contributed by atoms with Crippen LogP contribution < -0.4 is 19.5 Å². The first kappa shape index (κ1) is 24.4. The third-order valence-electron chi connectivity index (χ3n) is 5.83. The molecule has 0 saturated carbocycles. The largest absolute Gasteiger partial charge is 0.496 e. The number of anilines is 1. The Balaban J connectivity index is 1.23. The van der Waals surface area contributed by atoms with Crippen LogP contribution in [-0.2, 0) is 6.61 Å². The zero-order valence-electron chi connectivity index (χ0n) is 20.7. The first-order valence-corrected chi connectivity index (χ1v) is 12.5. The fraction of sp³-hybridized carbons (Fsp3) is 0.111. The summed E-state index contributed by atoms with van der Waals surface area (Å²) in [5, 5.41) is 8.33. The van der Waals surface area contributed by atoms with Crippen LogP contribution in [0.25, 0.3) is 27.4 Å². The molecule has 10 nitrogen and oxygen atoms in total. The van der Waals surface area contributed by atoms with Crippen molar-refractivity contribution in [1.29, 1.82) is 0 Å². The Bertz CT molecular complexity index is 1800. The fourth-order valence-corrected chi connectivity index (χ4v) is 4.68. The van der Waals surface area contributed by atoms with Crippen molar-refractivity contribution in [2.24, 2.45) is 0 Å². The van der Waals surface area contributed by atoms with Gasteiger partial charge in [-0.05, 0) is 41.2 Å². The monoisotopic (exact) mass is 545 g/mol. The molecule has 0 unspecified atom stereocenters. The molecule has 1 N–H and O–H groups in total. The highest BCUT2D eigenvalue weighted by atomic mass is 32.1. The summed E-state index contributed by atoms with van der Waals surface area (Å²) in [4.78, 5) is 21.2. The molecular weight excluding hydrogens is 525 g/mol. The van der Waals surface area contributed by atoms with Crippen molar-refractivity contribution < 1.29 is 27.8 Å². The summed E-state index contributed by atoms with van der Waals surface area (Å²) in [6, 6.07) is 15.1. The highest BCUT2D eigenvalue weighted by Crippen LogP contribution is 2.37. The number of carbonyl (C=O) groups excluding carboxylic acids is 1. The average Bonchev–Trinajstić information content (AvgIpc) is 3.65. The summed E-state index contributed by atoms with van der Waals surface area (Å²) in [5.41, 5.74) is 2.72. The number of nitrogens with zero attached hydrogens (tertiary/aromatic N) is 4. The minimum absolute atomic E-state index is 0.172. The van der Waals surface area contributed by atoms with Crippen LogP contribution >= 0.6 is 11.3 Å². The second kappa shape index (κ2) is 10.1. The number of amides is 1. The molecule has 0 radical (unpaired) electrons. The van der Waals surface area contributed by atoms with Gasteiger partial charge in [0, 0.05) is 35.6 Å². The number of carbonyl (C=O) groups is 1. The molecule has 1 amide bonds. The van der Waals surface area contributed by atoms with E-state index in [1.165, 1.54) is 23.6 Å². The average molecular weight is 546 g/mol. The minimum atomic E-state index is -0.721. The Morgan fingerprint density at radius 3 is 2.82 bits per heavy atom. The van der Waals surface area contributed by atoms with E-state index in [1.807, 2.05) is 12.1 Å². The summed E-state index contributed by atoms with van der Waals surface area (Å²) in [5.74, 6) is 0.518. The van der Waals surface area contributed by atoms with Gasteiger partial charge in [0.15, 0.2) is 5.76 Å². The molecule has 196 valence electrons. The number of hydrogen-bond acceptors (Lipinski definition) is 9. The summed E-state index contributed by atoms with van der Waals surface area (Å²) in [7, 11) is 3.13. The molecule has 0 aliphatic heterocycles. The van der Waals surface area contributed by atoms with Crippen LogP contribution in [0.5, 0.6) is 16.7 Å². The first-order chi connectivity index (χ1) is 19.0. The van der Waals surface area contributed by atoms with Crippen LogP contribution in [0.2, 0.25) is 0 Å². The predicted molar refractivity (Wildman–Crippen MR) is 142 cm³/mol. The SMILES string of the molecule is COc1cc(OCc2cccc(NC(=O)c3ccnc(F)c3)c2)c2cc(-c3cn4nc(OC)sc4n3)oc2c1. The van der Waals surface area contributed by atoms with Crippen molar-refractivity contribution in [1.82, 2.24) is 19.6 Å². The number of benzene rings is 2. The van der Waals surface area contributed by atoms with E-state index in [1.54, 1.807) is 55.3 Å². The Kier molecular flexibility index (Phi) is 6.29. The molecule has 4 aromatic heterocycles. The Hall–Kier alpha value is -4.97. The quantitative estimate of drug-likeness (QED) is 0.247.